The molecule has 0 aliphatic heterocycles. The molecule has 0 aliphatic rings. The molecule has 0 unspecified atom stereocenters. The van der Waals surface area contributed by atoms with Gasteiger partial charge in [-0.15, -0.1) is 0 Å². The first-order valence-corrected chi connectivity index (χ1v) is 11.3. The van der Waals surface area contributed by atoms with Gasteiger partial charge >= 0.3 is 0 Å². The number of rotatable bonds is 10. The maximum absolute atomic E-state index is 12.4. The van der Waals surface area contributed by atoms with E-state index in [9.17, 15) is 13.2 Å². The third-order valence-electron chi connectivity index (χ3n) is 4.34. The summed E-state index contributed by atoms with van der Waals surface area (Å²) < 4.78 is 36.6. The summed E-state index contributed by atoms with van der Waals surface area (Å²) >= 11 is 6.01. The highest BCUT2D eigenvalue weighted by Gasteiger charge is 2.19. The monoisotopic (exact) mass is 454 g/mol. The summed E-state index contributed by atoms with van der Waals surface area (Å²) in [4.78, 5) is 12.6. The zero-order valence-electron chi connectivity index (χ0n) is 17.5. The molecule has 9 heteroatoms. The maximum Gasteiger partial charge on any atom is 0.261 e. The normalized spacial score (nSPS) is 12.5. The highest BCUT2D eigenvalue weighted by atomic mass is 35.5. The van der Waals surface area contributed by atoms with Crippen molar-refractivity contribution in [3.8, 4) is 11.5 Å². The highest BCUT2D eigenvalue weighted by molar-refractivity contribution is 7.89. The summed E-state index contributed by atoms with van der Waals surface area (Å²) in [5, 5.41) is 3.43. The van der Waals surface area contributed by atoms with Crippen LogP contribution in [0.15, 0.2) is 47.4 Å². The van der Waals surface area contributed by atoms with E-state index in [0.717, 1.165) is 9.87 Å². The first-order valence-electron chi connectivity index (χ1n) is 9.51. The Labute approximate surface area is 183 Å². The van der Waals surface area contributed by atoms with Gasteiger partial charge in [-0.2, -0.15) is 0 Å². The second-order valence-electron chi connectivity index (χ2n) is 6.82. The van der Waals surface area contributed by atoms with Gasteiger partial charge < -0.3 is 14.8 Å². The molecule has 7 nitrogen and oxygen atoms in total. The summed E-state index contributed by atoms with van der Waals surface area (Å²) in [6.45, 7) is 4.26. The van der Waals surface area contributed by atoms with Crippen LogP contribution in [-0.2, 0) is 14.8 Å². The van der Waals surface area contributed by atoms with Crippen LogP contribution < -0.4 is 14.8 Å². The average Bonchev–Trinajstić information content (AvgIpc) is 2.72. The Hall–Kier alpha value is -2.29. The number of nitrogens with one attached hydrogen (secondary N) is 1. The minimum Gasteiger partial charge on any atom is -0.492 e. The number of aryl methyl sites for hydroxylation is 1. The van der Waals surface area contributed by atoms with E-state index >= 15 is 0 Å². The summed E-state index contributed by atoms with van der Waals surface area (Å²) in [6, 6.07) is 11.4. The lowest BCUT2D eigenvalue weighted by Gasteiger charge is -2.18. The summed E-state index contributed by atoms with van der Waals surface area (Å²) in [5.41, 5.74) is 0.877. The SMILES string of the molecule is CC[C@H](Oc1ccc(Cl)c(C)c1)C(=O)NCCOc1ccc(S(=O)(=O)N(C)C)cc1. The maximum atomic E-state index is 12.4. The van der Waals surface area contributed by atoms with Crippen LogP contribution in [0.4, 0.5) is 0 Å². The van der Waals surface area contributed by atoms with Crippen LogP contribution in [0.1, 0.15) is 18.9 Å². The van der Waals surface area contributed by atoms with Crippen molar-refractivity contribution in [2.75, 3.05) is 27.2 Å². The van der Waals surface area contributed by atoms with Crippen molar-refractivity contribution < 1.29 is 22.7 Å². The van der Waals surface area contributed by atoms with Crippen LogP contribution in [0.2, 0.25) is 5.02 Å². The number of ether oxygens (including phenoxy) is 2. The molecular weight excluding hydrogens is 428 g/mol. The van der Waals surface area contributed by atoms with E-state index in [2.05, 4.69) is 5.32 Å². The molecule has 0 spiro atoms. The molecule has 0 bridgehead atoms. The molecule has 0 aromatic heterocycles. The fourth-order valence-electron chi connectivity index (χ4n) is 2.55. The molecule has 0 radical (unpaired) electrons. The number of hydrogen-bond donors (Lipinski definition) is 1. The van der Waals surface area contributed by atoms with Gasteiger partial charge in [0.2, 0.25) is 10.0 Å². The largest absolute Gasteiger partial charge is 0.492 e. The summed E-state index contributed by atoms with van der Waals surface area (Å²) in [5.74, 6) is 0.867. The van der Waals surface area contributed by atoms with Crippen LogP contribution in [-0.4, -0.2) is 52.0 Å². The van der Waals surface area contributed by atoms with Crippen molar-refractivity contribution in [2.45, 2.75) is 31.3 Å². The molecule has 2 aromatic rings. The van der Waals surface area contributed by atoms with E-state index in [4.69, 9.17) is 21.1 Å². The number of amides is 1. The van der Waals surface area contributed by atoms with Gasteiger partial charge in [0.15, 0.2) is 6.10 Å². The Balaban J connectivity index is 1.82. The number of carbonyl (C=O) groups is 1. The number of halogens is 1. The van der Waals surface area contributed by atoms with Crippen LogP contribution in [0.25, 0.3) is 0 Å². The zero-order chi connectivity index (χ0) is 22.3. The predicted octanol–water partition coefficient (Wildman–Crippen LogP) is 3.25. The van der Waals surface area contributed by atoms with Gasteiger partial charge in [-0.3, -0.25) is 4.79 Å². The molecule has 0 heterocycles. The van der Waals surface area contributed by atoms with Gasteiger partial charge in [0.05, 0.1) is 11.4 Å². The van der Waals surface area contributed by atoms with Gasteiger partial charge in [-0.25, -0.2) is 12.7 Å². The second-order valence-corrected chi connectivity index (χ2v) is 9.38. The number of nitrogens with zero attached hydrogens (tertiary/aromatic N) is 1. The first kappa shape index (κ1) is 24.0. The van der Waals surface area contributed by atoms with Crippen molar-refractivity contribution in [1.82, 2.24) is 9.62 Å². The van der Waals surface area contributed by atoms with Crippen LogP contribution in [0.3, 0.4) is 0 Å². The molecule has 0 saturated carbocycles. The van der Waals surface area contributed by atoms with Gasteiger partial charge in [-0.05, 0) is 61.4 Å². The summed E-state index contributed by atoms with van der Waals surface area (Å²) in [6.07, 6.45) is -0.114. The average molecular weight is 455 g/mol. The lowest BCUT2D eigenvalue weighted by Crippen LogP contribution is -2.39. The second kappa shape index (κ2) is 10.7. The van der Waals surface area contributed by atoms with Crippen molar-refractivity contribution in [3.63, 3.8) is 0 Å². The number of benzene rings is 2. The van der Waals surface area contributed by atoms with Crippen LogP contribution >= 0.6 is 11.6 Å². The smallest absolute Gasteiger partial charge is 0.261 e. The van der Waals surface area contributed by atoms with E-state index in [0.29, 0.717) is 22.9 Å². The Morgan fingerprint density at radius 1 is 1.13 bits per heavy atom. The van der Waals surface area contributed by atoms with Crippen molar-refractivity contribution >= 4 is 27.5 Å². The van der Waals surface area contributed by atoms with Crippen molar-refractivity contribution in [3.05, 3.63) is 53.1 Å². The van der Waals surface area contributed by atoms with E-state index in [1.165, 1.54) is 26.2 Å². The van der Waals surface area contributed by atoms with E-state index in [-0.39, 0.29) is 24.0 Å². The molecule has 30 heavy (non-hydrogen) atoms. The lowest BCUT2D eigenvalue weighted by atomic mass is 10.2. The molecule has 1 N–H and O–H groups in total. The third kappa shape index (κ3) is 6.35. The van der Waals surface area contributed by atoms with Crippen molar-refractivity contribution in [1.29, 1.82) is 0 Å². The fourth-order valence-corrected chi connectivity index (χ4v) is 3.57. The molecule has 1 atom stereocenters. The van der Waals surface area contributed by atoms with Crippen LogP contribution in [0, 0.1) is 6.92 Å². The Morgan fingerprint density at radius 2 is 1.77 bits per heavy atom. The van der Waals surface area contributed by atoms with Crippen molar-refractivity contribution in [2.24, 2.45) is 0 Å². The zero-order valence-corrected chi connectivity index (χ0v) is 19.1. The van der Waals surface area contributed by atoms with Gasteiger partial charge in [0.25, 0.3) is 5.91 Å². The molecule has 2 aromatic carbocycles. The molecule has 0 saturated heterocycles. The third-order valence-corrected chi connectivity index (χ3v) is 6.60. The highest BCUT2D eigenvalue weighted by Crippen LogP contribution is 2.22. The molecule has 0 aliphatic carbocycles. The fraction of sp³-hybridized carbons (Fsp3) is 0.381. The molecule has 0 fully saturated rings. The van der Waals surface area contributed by atoms with Gasteiger partial charge in [0, 0.05) is 19.1 Å². The Bertz CT molecular complexity index is 962. The number of hydrogen-bond acceptors (Lipinski definition) is 5. The minimum absolute atomic E-state index is 0.188. The quantitative estimate of drug-likeness (QED) is 0.557. The Morgan fingerprint density at radius 3 is 2.33 bits per heavy atom. The minimum atomic E-state index is -3.47. The van der Waals surface area contributed by atoms with Crippen LogP contribution in [0.5, 0.6) is 11.5 Å². The Kier molecular flexibility index (Phi) is 8.52. The standard InChI is InChI=1S/C21H27ClN2O5S/c1-5-20(29-17-8-11-19(22)15(2)14-17)21(25)23-12-13-28-16-6-9-18(10-7-16)30(26,27)24(3)4/h6-11,14,20H,5,12-13H2,1-4H3,(H,23,25)/t20-/m0/s1. The van der Waals surface area contributed by atoms with Gasteiger partial charge in [0.1, 0.15) is 18.1 Å². The first-order chi connectivity index (χ1) is 14.1. The number of sulfonamides is 1. The summed E-state index contributed by atoms with van der Waals surface area (Å²) in [7, 11) is -0.522. The molecule has 164 valence electrons. The topological polar surface area (TPSA) is 84.9 Å². The van der Waals surface area contributed by atoms with E-state index in [1.807, 2.05) is 13.8 Å². The molecule has 2 rings (SSSR count). The molecule has 1 amide bonds. The lowest BCUT2D eigenvalue weighted by molar-refractivity contribution is -0.128. The number of carbonyl (C=O) groups excluding carboxylic acids is 1. The van der Waals surface area contributed by atoms with E-state index in [1.54, 1.807) is 30.3 Å². The van der Waals surface area contributed by atoms with E-state index < -0.39 is 16.1 Å². The molecular formula is C21H27ClN2O5S. The predicted molar refractivity (Wildman–Crippen MR) is 117 cm³/mol. The van der Waals surface area contributed by atoms with Gasteiger partial charge in [-0.1, -0.05) is 18.5 Å².